The maximum Gasteiger partial charge on any atom is 0.235 e. The van der Waals surface area contributed by atoms with Gasteiger partial charge in [0.2, 0.25) is 6.08 Å². The molecule has 0 rings (SSSR count). The molecular formula is C3H3NO2. The minimum absolute atomic E-state index is 0.0660. The predicted molar refractivity (Wildman–Crippen MR) is 19.1 cm³/mol. The standard InChI is InChI=1S/C3H3NO2/c5-2-1-4-3-6/h2H,1H2. The number of rotatable bonds is 2. The average molecular weight is 85.1 g/mol. The molecule has 0 aromatic heterocycles. The molecule has 0 amide bonds. The summed E-state index contributed by atoms with van der Waals surface area (Å²) < 4.78 is 0. The quantitative estimate of drug-likeness (QED) is 0.258. The van der Waals surface area contributed by atoms with Gasteiger partial charge < -0.3 is 4.79 Å². The van der Waals surface area contributed by atoms with Crippen molar-refractivity contribution in [3.05, 3.63) is 0 Å². The van der Waals surface area contributed by atoms with Crippen LogP contribution < -0.4 is 0 Å². The average Bonchev–Trinajstić information content (AvgIpc) is 1.61. The third-order valence-corrected chi connectivity index (χ3v) is 0.230. The van der Waals surface area contributed by atoms with Crippen molar-refractivity contribution in [1.82, 2.24) is 0 Å². The number of hydrogen-bond donors (Lipinski definition) is 0. The van der Waals surface area contributed by atoms with E-state index in [0.29, 0.717) is 6.29 Å². The number of carbonyl (C=O) groups excluding carboxylic acids is 2. The molecule has 0 aliphatic rings. The van der Waals surface area contributed by atoms with E-state index in [9.17, 15) is 4.79 Å². The van der Waals surface area contributed by atoms with Gasteiger partial charge in [0.15, 0.2) is 0 Å². The van der Waals surface area contributed by atoms with Crippen molar-refractivity contribution in [2.75, 3.05) is 6.54 Å². The van der Waals surface area contributed by atoms with Crippen molar-refractivity contribution in [3.63, 3.8) is 0 Å². The molecule has 0 heterocycles. The largest absolute Gasteiger partial charge is 0.301 e. The molecule has 3 heteroatoms. The Labute approximate surface area is 34.7 Å². The van der Waals surface area contributed by atoms with Crippen molar-refractivity contribution in [3.8, 4) is 0 Å². The highest BCUT2D eigenvalue weighted by molar-refractivity contribution is 5.54. The molecule has 0 aromatic rings. The van der Waals surface area contributed by atoms with Gasteiger partial charge in [-0.3, -0.25) is 0 Å². The van der Waals surface area contributed by atoms with Crippen molar-refractivity contribution >= 4 is 12.4 Å². The third-order valence-electron chi connectivity index (χ3n) is 0.230. The van der Waals surface area contributed by atoms with Gasteiger partial charge in [0.1, 0.15) is 12.8 Å². The number of isocyanates is 1. The van der Waals surface area contributed by atoms with Gasteiger partial charge in [0.25, 0.3) is 0 Å². The number of nitrogens with zero attached hydrogens (tertiary/aromatic N) is 1. The second kappa shape index (κ2) is 4.05. The van der Waals surface area contributed by atoms with E-state index in [1.807, 2.05) is 0 Å². The first kappa shape index (κ1) is 5.05. The fraction of sp³-hybridized carbons (Fsp3) is 0.333. The van der Waals surface area contributed by atoms with Crippen molar-refractivity contribution < 1.29 is 9.59 Å². The van der Waals surface area contributed by atoms with Crippen LogP contribution in [0, 0.1) is 0 Å². The molecule has 0 aromatic carbocycles. The number of hydrogen-bond acceptors (Lipinski definition) is 3. The summed E-state index contributed by atoms with van der Waals surface area (Å²) in [5.41, 5.74) is 0. The highest BCUT2D eigenvalue weighted by atomic mass is 16.1. The lowest BCUT2D eigenvalue weighted by atomic mass is 10.8. The highest BCUT2D eigenvalue weighted by Gasteiger charge is 1.64. The second-order valence-corrected chi connectivity index (χ2v) is 0.599. The lowest BCUT2D eigenvalue weighted by Crippen LogP contribution is -1.74. The summed E-state index contributed by atoms with van der Waals surface area (Å²) in [4.78, 5) is 21.3. The van der Waals surface area contributed by atoms with E-state index in [1.54, 1.807) is 0 Å². The minimum Gasteiger partial charge on any atom is -0.301 e. The molecule has 0 saturated carbocycles. The zero-order valence-corrected chi connectivity index (χ0v) is 3.05. The molecule has 0 radical (unpaired) electrons. The van der Waals surface area contributed by atoms with Crippen LogP contribution in [0.15, 0.2) is 4.99 Å². The minimum atomic E-state index is -0.0660. The summed E-state index contributed by atoms with van der Waals surface area (Å²) in [6.45, 7) is -0.0660. The van der Waals surface area contributed by atoms with E-state index < -0.39 is 0 Å². The van der Waals surface area contributed by atoms with Crippen LogP contribution in [0.25, 0.3) is 0 Å². The normalized spacial score (nSPS) is 6.00. The van der Waals surface area contributed by atoms with E-state index in [4.69, 9.17) is 4.79 Å². The maximum absolute atomic E-state index is 9.29. The number of carbonyl (C=O) groups is 1. The molecule has 0 aliphatic carbocycles. The molecule has 0 N–H and O–H groups in total. The summed E-state index contributed by atoms with van der Waals surface area (Å²) in [6, 6.07) is 0. The van der Waals surface area contributed by atoms with E-state index in [1.165, 1.54) is 6.08 Å². The lowest BCUT2D eigenvalue weighted by Gasteiger charge is -1.59. The smallest absolute Gasteiger partial charge is 0.235 e. The maximum atomic E-state index is 9.29. The third kappa shape index (κ3) is 3.05. The van der Waals surface area contributed by atoms with Gasteiger partial charge in [-0.15, -0.1) is 0 Å². The van der Waals surface area contributed by atoms with Crippen LogP contribution in [0.1, 0.15) is 0 Å². The molecular weight excluding hydrogens is 82.0 g/mol. The van der Waals surface area contributed by atoms with E-state index >= 15 is 0 Å². The molecule has 0 aliphatic heterocycles. The molecule has 6 heavy (non-hydrogen) atoms. The molecule has 0 fully saturated rings. The van der Waals surface area contributed by atoms with Gasteiger partial charge in [-0.25, -0.2) is 4.79 Å². The van der Waals surface area contributed by atoms with Gasteiger partial charge in [-0.1, -0.05) is 0 Å². The Balaban J connectivity index is 3.07. The molecule has 0 unspecified atom stereocenters. The Morgan fingerprint density at radius 1 is 1.83 bits per heavy atom. The van der Waals surface area contributed by atoms with Crippen LogP contribution in [-0.2, 0) is 9.59 Å². The van der Waals surface area contributed by atoms with Crippen molar-refractivity contribution in [2.45, 2.75) is 0 Å². The Morgan fingerprint density at radius 3 is 2.67 bits per heavy atom. The van der Waals surface area contributed by atoms with Gasteiger partial charge in [-0.2, -0.15) is 4.99 Å². The van der Waals surface area contributed by atoms with Crippen LogP contribution >= 0.6 is 0 Å². The SMILES string of the molecule is O=C=NCC=O. The molecule has 32 valence electrons. The summed E-state index contributed by atoms with van der Waals surface area (Å²) in [7, 11) is 0. The predicted octanol–water partition coefficient (Wildman–Crippen LogP) is -0.479. The van der Waals surface area contributed by atoms with E-state index in [-0.39, 0.29) is 6.54 Å². The van der Waals surface area contributed by atoms with Crippen LogP contribution in [-0.4, -0.2) is 18.9 Å². The summed E-state index contributed by atoms with van der Waals surface area (Å²) in [5, 5.41) is 0. The Bertz CT molecular complexity index is 82.8. The summed E-state index contributed by atoms with van der Waals surface area (Å²) >= 11 is 0. The molecule has 0 saturated heterocycles. The van der Waals surface area contributed by atoms with Gasteiger partial charge in [0, 0.05) is 0 Å². The Morgan fingerprint density at radius 2 is 2.50 bits per heavy atom. The van der Waals surface area contributed by atoms with Gasteiger partial charge >= 0.3 is 0 Å². The Kier molecular flexibility index (Phi) is 3.41. The van der Waals surface area contributed by atoms with E-state index in [2.05, 4.69) is 4.99 Å². The summed E-state index contributed by atoms with van der Waals surface area (Å²) in [6.07, 6.45) is 1.74. The molecule has 0 spiro atoms. The molecule has 0 bridgehead atoms. The van der Waals surface area contributed by atoms with Crippen molar-refractivity contribution in [1.29, 1.82) is 0 Å². The molecule has 0 atom stereocenters. The van der Waals surface area contributed by atoms with Gasteiger partial charge in [-0.05, 0) is 0 Å². The monoisotopic (exact) mass is 85.0 g/mol. The van der Waals surface area contributed by atoms with Crippen LogP contribution in [0.2, 0.25) is 0 Å². The summed E-state index contributed by atoms with van der Waals surface area (Å²) in [5.74, 6) is 0. The fourth-order valence-electron chi connectivity index (χ4n) is 0.0745. The van der Waals surface area contributed by atoms with Crippen LogP contribution in [0.3, 0.4) is 0 Å². The highest BCUT2D eigenvalue weighted by Crippen LogP contribution is 1.50. The van der Waals surface area contributed by atoms with E-state index in [0.717, 1.165) is 0 Å². The lowest BCUT2D eigenvalue weighted by molar-refractivity contribution is -0.106. The van der Waals surface area contributed by atoms with Crippen LogP contribution in [0.5, 0.6) is 0 Å². The zero-order valence-electron chi connectivity index (χ0n) is 3.05. The first-order chi connectivity index (χ1) is 2.91. The first-order valence-corrected chi connectivity index (χ1v) is 1.39. The van der Waals surface area contributed by atoms with Crippen LogP contribution in [0.4, 0.5) is 0 Å². The number of aldehydes is 1. The Hall–Kier alpha value is -0.950. The first-order valence-electron chi connectivity index (χ1n) is 1.39. The van der Waals surface area contributed by atoms with Crippen molar-refractivity contribution in [2.24, 2.45) is 4.99 Å². The second-order valence-electron chi connectivity index (χ2n) is 0.599. The fourth-order valence-corrected chi connectivity index (χ4v) is 0.0745. The zero-order chi connectivity index (χ0) is 4.83. The topological polar surface area (TPSA) is 46.5 Å². The molecule has 3 nitrogen and oxygen atoms in total. The number of aliphatic imine (C=N–C) groups is 1. The van der Waals surface area contributed by atoms with Gasteiger partial charge in [0.05, 0.1) is 0 Å².